The molecule has 0 fully saturated rings. The largest absolute Gasteiger partial charge is 0.396 e. The Morgan fingerprint density at radius 2 is 1.64 bits per heavy atom. The molecule has 0 spiro atoms. The first-order chi connectivity index (χ1) is 6.71. The molecule has 2 heteroatoms. The summed E-state index contributed by atoms with van der Waals surface area (Å²) in [6, 6.07) is 0. The second-order valence-electron chi connectivity index (χ2n) is 4.11. The van der Waals surface area contributed by atoms with Gasteiger partial charge < -0.3 is 10.2 Å². The standard InChI is InChI=1S/C12H26O2/c1-4-7-12(14)11(6-3)10(5-2)8-9-13/h10-14H,4-9H2,1-3H3. The molecule has 0 saturated carbocycles. The molecule has 86 valence electrons. The van der Waals surface area contributed by atoms with Gasteiger partial charge in [-0.1, -0.05) is 40.0 Å². The Morgan fingerprint density at radius 3 is 2.00 bits per heavy atom. The highest BCUT2D eigenvalue weighted by molar-refractivity contribution is 4.74. The monoisotopic (exact) mass is 202 g/mol. The minimum absolute atomic E-state index is 0.179. The zero-order chi connectivity index (χ0) is 11.0. The number of rotatable bonds is 8. The van der Waals surface area contributed by atoms with Crippen LogP contribution in [0.1, 0.15) is 52.9 Å². The van der Waals surface area contributed by atoms with Gasteiger partial charge in [0.1, 0.15) is 0 Å². The predicted molar refractivity (Wildman–Crippen MR) is 60.2 cm³/mol. The topological polar surface area (TPSA) is 40.5 Å². The normalized spacial score (nSPS) is 17.8. The van der Waals surface area contributed by atoms with Crippen LogP contribution in [-0.2, 0) is 0 Å². The molecule has 0 heterocycles. The average molecular weight is 202 g/mol. The Bertz CT molecular complexity index is 125. The van der Waals surface area contributed by atoms with Crippen LogP contribution in [0.4, 0.5) is 0 Å². The molecule has 0 rings (SSSR count). The van der Waals surface area contributed by atoms with Gasteiger partial charge in [0.05, 0.1) is 6.10 Å². The first-order valence-corrected chi connectivity index (χ1v) is 6.00. The Balaban J connectivity index is 4.18. The second kappa shape index (κ2) is 8.25. The van der Waals surface area contributed by atoms with Crippen molar-refractivity contribution in [1.29, 1.82) is 0 Å². The van der Waals surface area contributed by atoms with E-state index in [9.17, 15) is 5.11 Å². The molecule has 0 radical (unpaired) electrons. The highest BCUT2D eigenvalue weighted by atomic mass is 16.3. The Morgan fingerprint density at radius 1 is 1.00 bits per heavy atom. The molecular formula is C12H26O2. The summed E-state index contributed by atoms with van der Waals surface area (Å²) >= 11 is 0. The van der Waals surface area contributed by atoms with Crippen LogP contribution in [0.5, 0.6) is 0 Å². The third-order valence-corrected chi connectivity index (χ3v) is 3.18. The van der Waals surface area contributed by atoms with Gasteiger partial charge in [-0.3, -0.25) is 0 Å². The number of hydrogen-bond donors (Lipinski definition) is 2. The van der Waals surface area contributed by atoms with Gasteiger partial charge in [0.2, 0.25) is 0 Å². The van der Waals surface area contributed by atoms with Gasteiger partial charge in [-0.2, -0.15) is 0 Å². The van der Waals surface area contributed by atoms with E-state index in [1.54, 1.807) is 0 Å². The summed E-state index contributed by atoms with van der Waals surface area (Å²) in [5.41, 5.74) is 0. The smallest absolute Gasteiger partial charge is 0.0570 e. The van der Waals surface area contributed by atoms with Crippen LogP contribution in [0.15, 0.2) is 0 Å². The van der Waals surface area contributed by atoms with Crippen LogP contribution in [0, 0.1) is 11.8 Å². The van der Waals surface area contributed by atoms with Gasteiger partial charge in [0, 0.05) is 6.61 Å². The van der Waals surface area contributed by atoms with Crippen LogP contribution in [-0.4, -0.2) is 22.9 Å². The van der Waals surface area contributed by atoms with Crippen LogP contribution < -0.4 is 0 Å². The van der Waals surface area contributed by atoms with Crippen LogP contribution >= 0.6 is 0 Å². The first kappa shape index (κ1) is 13.9. The highest BCUT2D eigenvalue weighted by Gasteiger charge is 2.24. The van der Waals surface area contributed by atoms with E-state index in [0.717, 1.165) is 32.1 Å². The fourth-order valence-electron chi connectivity index (χ4n) is 2.32. The molecule has 2 N–H and O–H groups in total. The van der Waals surface area contributed by atoms with E-state index in [0.29, 0.717) is 11.8 Å². The van der Waals surface area contributed by atoms with Crippen molar-refractivity contribution in [3.63, 3.8) is 0 Å². The van der Waals surface area contributed by atoms with Crippen LogP contribution in [0.2, 0.25) is 0 Å². The van der Waals surface area contributed by atoms with Gasteiger partial charge in [-0.05, 0) is 24.7 Å². The molecular weight excluding hydrogens is 176 g/mol. The maximum atomic E-state index is 9.96. The van der Waals surface area contributed by atoms with Crippen molar-refractivity contribution in [3.05, 3.63) is 0 Å². The predicted octanol–water partition coefficient (Wildman–Crippen LogP) is 2.58. The molecule has 0 bridgehead atoms. The highest BCUT2D eigenvalue weighted by Crippen LogP contribution is 2.27. The molecule has 14 heavy (non-hydrogen) atoms. The van der Waals surface area contributed by atoms with Gasteiger partial charge in [-0.15, -0.1) is 0 Å². The summed E-state index contributed by atoms with van der Waals surface area (Å²) in [5, 5.41) is 18.9. The summed E-state index contributed by atoms with van der Waals surface area (Å²) < 4.78 is 0. The Labute approximate surface area is 88.3 Å². The lowest BCUT2D eigenvalue weighted by molar-refractivity contribution is 0.0512. The minimum Gasteiger partial charge on any atom is -0.396 e. The van der Waals surface area contributed by atoms with Crippen molar-refractivity contribution >= 4 is 0 Å². The molecule has 3 atom stereocenters. The van der Waals surface area contributed by atoms with Gasteiger partial charge >= 0.3 is 0 Å². The lowest BCUT2D eigenvalue weighted by Gasteiger charge is -2.29. The summed E-state index contributed by atoms with van der Waals surface area (Å²) in [4.78, 5) is 0. The van der Waals surface area contributed by atoms with E-state index in [-0.39, 0.29) is 12.7 Å². The minimum atomic E-state index is -0.179. The first-order valence-electron chi connectivity index (χ1n) is 6.00. The van der Waals surface area contributed by atoms with Gasteiger partial charge in [-0.25, -0.2) is 0 Å². The molecule has 3 unspecified atom stereocenters. The molecule has 0 aliphatic heterocycles. The second-order valence-corrected chi connectivity index (χ2v) is 4.11. The van der Waals surface area contributed by atoms with E-state index in [1.165, 1.54) is 0 Å². The van der Waals surface area contributed by atoms with E-state index in [1.807, 2.05) is 0 Å². The molecule has 0 aliphatic carbocycles. The van der Waals surface area contributed by atoms with E-state index in [2.05, 4.69) is 20.8 Å². The summed E-state index contributed by atoms with van der Waals surface area (Å²) in [6.45, 7) is 6.61. The van der Waals surface area contributed by atoms with Crippen molar-refractivity contribution < 1.29 is 10.2 Å². The van der Waals surface area contributed by atoms with Crippen molar-refractivity contribution in [2.45, 2.75) is 59.0 Å². The third kappa shape index (κ3) is 4.43. The van der Waals surface area contributed by atoms with Gasteiger partial charge in [0.25, 0.3) is 0 Å². The number of hydrogen-bond acceptors (Lipinski definition) is 2. The van der Waals surface area contributed by atoms with E-state index < -0.39 is 0 Å². The maximum Gasteiger partial charge on any atom is 0.0570 e. The van der Waals surface area contributed by atoms with Crippen molar-refractivity contribution in [3.8, 4) is 0 Å². The Kier molecular flexibility index (Phi) is 8.20. The fourth-order valence-corrected chi connectivity index (χ4v) is 2.32. The maximum absolute atomic E-state index is 9.96. The van der Waals surface area contributed by atoms with Crippen LogP contribution in [0.25, 0.3) is 0 Å². The molecule has 0 saturated heterocycles. The number of aliphatic hydroxyl groups is 2. The van der Waals surface area contributed by atoms with E-state index >= 15 is 0 Å². The SMILES string of the molecule is CCCC(O)C(CC)C(CC)CCO. The van der Waals surface area contributed by atoms with Gasteiger partial charge in [0.15, 0.2) is 0 Å². The van der Waals surface area contributed by atoms with Crippen LogP contribution in [0.3, 0.4) is 0 Å². The molecule has 0 aromatic rings. The molecule has 0 aliphatic rings. The number of aliphatic hydroxyl groups excluding tert-OH is 2. The summed E-state index contributed by atoms with van der Waals surface area (Å²) in [7, 11) is 0. The molecule has 0 amide bonds. The molecule has 2 nitrogen and oxygen atoms in total. The molecule has 0 aromatic heterocycles. The summed E-state index contributed by atoms with van der Waals surface area (Å²) in [6.07, 6.45) is 4.64. The average Bonchev–Trinajstić information content (AvgIpc) is 2.18. The zero-order valence-corrected chi connectivity index (χ0v) is 9.87. The summed E-state index contributed by atoms with van der Waals surface area (Å²) in [5.74, 6) is 0.846. The quantitative estimate of drug-likeness (QED) is 0.635. The Hall–Kier alpha value is -0.0800. The van der Waals surface area contributed by atoms with Crippen molar-refractivity contribution in [1.82, 2.24) is 0 Å². The molecule has 0 aromatic carbocycles. The van der Waals surface area contributed by atoms with E-state index in [4.69, 9.17) is 5.11 Å². The van der Waals surface area contributed by atoms with Crippen molar-refractivity contribution in [2.75, 3.05) is 6.61 Å². The fraction of sp³-hybridized carbons (Fsp3) is 1.00. The zero-order valence-electron chi connectivity index (χ0n) is 9.87. The third-order valence-electron chi connectivity index (χ3n) is 3.18. The lowest BCUT2D eigenvalue weighted by Crippen LogP contribution is -2.27. The van der Waals surface area contributed by atoms with Crippen molar-refractivity contribution in [2.24, 2.45) is 11.8 Å². The lowest BCUT2D eigenvalue weighted by atomic mass is 9.80.